The second-order valence-corrected chi connectivity index (χ2v) is 5.37. The number of hydrogen-bond donors (Lipinski definition) is 1. The van der Waals surface area contributed by atoms with Gasteiger partial charge in [-0.15, -0.1) is 11.3 Å². The Morgan fingerprint density at radius 1 is 1.19 bits per heavy atom. The van der Waals surface area contributed by atoms with Crippen LogP contribution in [-0.4, -0.2) is 0 Å². The summed E-state index contributed by atoms with van der Waals surface area (Å²) in [6.07, 6.45) is 2.34. The summed E-state index contributed by atoms with van der Waals surface area (Å²) in [7, 11) is 0. The van der Waals surface area contributed by atoms with E-state index in [1.807, 2.05) is 0 Å². The molecule has 2 rings (SSSR count). The van der Waals surface area contributed by atoms with E-state index in [4.69, 9.17) is 5.73 Å². The zero-order valence-corrected chi connectivity index (χ0v) is 10.6. The van der Waals surface area contributed by atoms with Gasteiger partial charge in [0, 0.05) is 10.4 Å². The molecule has 2 heteroatoms. The molecule has 0 unspecified atom stereocenters. The number of benzene rings is 1. The number of nitrogen functional groups attached to an aromatic ring is 1. The average Bonchev–Trinajstić information content (AvgIpc) is 2.59. The first kappa shape index (κ1) is 11.2. The molecule has 84 valence electrons. The highest BCUT2D eigenvalue weighted by molar-refractivity contribution is 7.16. The van der Waals surface area contributed by atoms with Crippen molar-refractivity contribution in [2.45, 2.75) is 26.7 Å². The van der Waals surface area contributed by atoms with Gasteiger partial charge in [0.05, 0.1) is 5.00 Å². The summed E-state index contributed by atoms with van der Waals surface area (Å²) >= 11 is 1.66. The van der Waals surface area contributed by atoms with E-state index in [0.29, 0.717) is 0 Å². The SMILES string of the molecule is CCCc1ccc(-c2cc(C)sc2N)cc1. The summed E-state index contributed by atoms with van der Waals surface area (Å²) in [6.45, 7) is 4.30. The highest BCUT2D eigenvalue weighted by atomic mass is 32.1. The summed E-state index contributed by atoms with van der Waals surface area (Å²) < 4.78 is 0. The molecule has 0 radical (unpaired) electrons. The lowest BCUT2D eigenvalue weighted by Gasteiger charge is -2.02. The van der Waals surface area contributed by atoms with Gasteiger partial charge in [-0.1, -0.05) is 37.6 Å². The highest BCUT2D eigenvalue weighted by Gasteiger charge is 2.05. The molecule has 1 aromatic carbocycles. The van der Waals surface area contributed by atoms with Crippen LogP contribution in [-0.2, 0) is 6.42 Å². The topological polar surface area (TPSA) is 26.0 Å². The van der Waals surface area contributed by atoms with E-state index in [9.17, 15) is 0 Å². The summed E-state index contributed by atoms with van der Waals surface area (Å²) in [5.41, 5.74) is 9.78. The first-order valence-corrected chi connectivity index (χ1v) is 6.47. The van der Waals surface area contributed by atoms with Crippen LogP contribution < -0.4 is 5.73 Å². The number of anilines is 1. The van der Waals surface area contributed by atoms with E-state index in [2.05, 4.69) is 44.2 Å². The maximum absolute atomic E-state index is 5.99. The summed E-state index contributed by atoms with van der Waals surface area (Å²) in [6, 6.07) is 10.9. The highest BCUT2D eigenvalue weighted by Crippen LogP contribution is 2.33. The number of thiophene rings is 1. The second kappa shape index (κ2) is 4.71. The van der Waals surface area contributed by atoms with E-state index < -0.39 is 0 Å². The van der Waals surface area contributed by atoms with Gasteiger partial charge in [-0.3, -0.25) is 0 Å². The lowest BCUT2D eigenvalue weighted by atomic mass is 10.0. The Morgan fingerprint density at radius 2 is 1.88 bits per heavy atom. The van der Waals surface area contributed by atoms with Crippen LogP contribution in [0.1, 0.15) is 23.8 Å². The van der Waals surface area contributed by atoms with Gasteiger partial charge in [0.2, 0.25) is 0 Å². The van der Waals surface area contributed by atoms with Crippen molar-refractivity contribution in [3.8, 4) is 11.1 Å². The molecule has 1 aromatic heterocycles. The fourth-order valence-corrected chi connectivity index (χ4v) is 2.71. The van der Waals surface area contributed by atoms with Crippen LogP contribution >= 0.6 is 11.3 Å². The smallest absolute Gasteiger partial charge is 0.0938 e. The normalized spacial score (nSPS) is 10.6. The van der Waals surface area contributed by atoms with E-state index in [1.165, 1.54) is 28.0 Å². The molecule has 1 heterocycles. The monoisotopic (exact) mass is 231 g/mol. The average molecular weight is 231 g/mol. The molecule has 0 fully saturated rings. The van der Waals surface area contributed by atoms with Crippen molar-refractivity contribution in [1.82, 2.24) is 0 Å². The molecule has 1 nitrogen and oxygen atoms in total. The summed E-state index contributed by atoms with van der Waals surface area (Å²) in [4.78, 5) is 1.27. The third kappa shape index (κ3) is 2.27. The van der Waals surface area contributed by atoms with Crippen LogP contribution in [0.2, 0.25) is 0 Å². The van der Waals surface area contributed by atoms with Crippen LogP contribution in [0.25, 0.3) is 11.1 Å². The Morgan fingerprint density at radius 3 is 2.38 bits per heavy atom. The Labute approximate surface area is 101 Å². The summed E-state index contributed by atoms with van der Waals surface area (Å²) in [5, 5.41) is 0.917. The van der Waals surface area contributed by atoms with E-state index in [1.54, 1.807) is 11.3 Å². The molecular formula is C14H17NS. The molecule has 0 bridgehead atoms. The Kier molecular flexibility index (Phi) is 3.30. The molecule has 2 aromatic rings. The molecule has 2 N–H and O–H groups in total. The van der Waals surface area contributed by atoms with E-state index >= 15 is 0 Å². The second-order valence-electron chi connectivity index (χ2n) is 4.08. The lowest BCUT2D eigenvalue weighted by molar-refractivity contribution is 0.922. The van der Waals surface area contributed by atoms with Gasteiger partial charge in [0.15, 0.2) is 0 Å². The van der Waals surface area contributed by atoms with Crippen molar-refractivity contribution in [2.24, 2.45) is 0 Å². The zero-order chi connectivity index (χ0) is 11.5. The Balaban J connectivity index is 2.31. The van der Waals surface area contributed by atoms with Gasteiger partial charge < -0.3 is 5.73 Å². The first-order valence-electron chi connectivity index (χ1n) is 5.66. The van der Waals surface area contributed by atoms with Crippen molar-refractivity contribution in [3.05, 3.63) is 40.8 Å². The van der Waals surface area contributed by atoms with Gasteiger partial charge in [0.25, 0.3) is 0 Å². The minimum absolute atomic E-state index is 0.917. The standard InChI is InChI=1S/C14H17NS/c1-3-4-11-5-7-12(8-6-11)13-9-10(2)16-14(13)15/h5-9H,3-4,15H2,1-2H3. The fourth-order valence-electron chi connectivity index (χ4n) is 1.90. The molecule has 0 saturated heterocycles. The maximum atomic E-state index is 5.99. The molecular weight excluding hydrogens is 214 g/mol. The molecule has 0 atom stereocenters. The van der Waals surface area contributed by atoms with Gasteiger partial charge >= 0.3 is 0 Å². The van der Waals surface area contributed by atoms with E-state index in [0.717, 1.165) is 11.4 Å². The largest absolute Gasteiger partial charge is 0.390 e. The van der Waals surface area contributed by atoms with Crippen LogP contribution in [0.5, 0.6) is 0 Å². The van der Waals surface area contributed by atoms with Gasteiger partial charge in [-0.05, 0) is 30.5 Å². The molecule has 0 aliphatic rings. The third-order valence-electron chi connectivity index (χ3n) is 2.69. The minimum Gasteiger partial charge on any atom is -0.390 e. The molecule has 0 aliphatic heterocycles. The van der Waals surface area contributed by atoms with Crippen LogP contribution in [0.3, 0.4) is 0 Å². The van der Waals surface area contributed by atoms with Crippen molar-refractivity contribution in [3.63, 3.8) is 0 Å². The summed E-state index contributed by atoms with van der Waals surface area (Å²) in [5.74, 6) is 0. The lowest BCUT2D eigenvalue weighted by Crippen LogP contribution is -1.85. The van der Waals surface area contributed by atoms with Crippen LogP contribution in [0.4, 0.5) is 5.00 Å². The number of rotatable bonds is 3. The first-order chi connectivity index (χ1) is 7.70. The predicted octanol–water partition coefficient (Wildman–Crippen LogP) is 4.26. The Hall–Kier alpha value is -1.28. The van der Waals surface area contributed by atoms with Gasteiger partial charge in [-0.2, -0.15) is 0 Å². The molecule has 0 amide bonds. The van der Waals surface area contributed by atoms with Crippen molar-refractivity contribution < 1.29 is 0 Å². The molecule has 0 aliphatic carbocycles. The quantitative estimate of drug-likeness (QED) is 0.839. The van der Waals surface area contributed by atoms with Crippen molar-refractivity contribution in [1.29, 1.82) is 0 Å². The van der Waals surface area contributed by atoms with Gasteiger partial charge in [-0.25, -0.2) is 0 Å². The Bertz CT molecular complexity index is 468. The maximum Gasteiger partial charge on any atom is 0.0938 e. The van der Waals surface area contributed by atoms with Gasteiger partial charge in [0.1, 0.15) is 0 Å². The molecule has 0 saturated carbocycles. The van der Waals surface area contributed by atoms with Crippen molar-refractivity contribution >= 4 is 16.3 Å². The van der Waals surface area contributed by atoms with Crippen LogP contribution in [0.15, 0.2) is 30.3 Å². The zero-order valence-electron chi connectivity index (χ0n) is 9.79. The fraction of sp³-hybridized carbons (Fsp3) is 0.286. The number of hydrogen-bond acceptors (Lipinski definition) is 2. The van der Waals surface area contributed by atoms with Crippen LogP contribution in [0, 0.1) is 6.92 Å². The number of nitrogens with two attached hydrogens (primary N) is 1. The molecule has 16 heavy (non-hydrogen) atoms. The number of aryl methyl sites for hydroxylation is 2. The van der Waals surface area contributed by atoms with Crippen molar-refractivity contribution in [2.75, 3.05) is 5.73 Å². The van der Waals surface area contributed by atoms with E-state index in [-0.39, 0.29) is 0 Å². The minimum atomic E-state index is 0.917. The molecule has 0 spiro atoms. The third-order valence-corrected chi connectivity index (χ3v) is 3.57. The predicted molar refractivity (Wildman–Crippen MR) is 72.9 cm³/mol.